The predicted octanol–water partition coefficient (Wildman–Crippen LogP) is 2.44. The molecule has 2 rings (SSSR count). The van der Waals surface area contributed by atoms with Crippen LogP contribution in [-0.4, -0.2) is 61.2 Å². The van der Waals surface area contributed by atoms with Gasteiger partial charge in [0.15, 0.2) is 0 Å². The fraction of sp³-hybridized carbons (Fsp3) is 0.526. The molecule has 25 heavy (non-hydrogen) atoms. The maximum Gasteiger partial charge on any atom is 0.124 e. The minimum atomic E-state index is 0.549. The SMILES string of the molecule is COCc1cc(CN(CCN(C)C)Cc2nc[nH]c2C)ccc1OC. The van der Waals surface area contributed by atoms with Crippen molar-refractivity contribution >= 4 is 0 Å². The number of rotatable bonds is 10. The third-order valence-electron chi connectivity index (χ3n) is 4.22. The minimum Gasteiger partial charge on any atom is -0.496 e. The van der Waals surface area contributed by atoms with Gasteiger partial charge in [-0.05, 0) is 38.7 Å². The van der Waals surface area contributed by atoms with Crippen LogP contribution in [0.1, 0.15) is 22.5 Å². The number of hydrogen-bond acceptors (Lipinski definition) is 5. The topological polar surface area (TPSA) is 53.6 Å². The normalized spacial score (nSPS) is 11.5. The van der Waals surface area contributed by atoms with Gasteiger partial charge in [-0.1, -0.05) is 6.07 Å². The number of hydrogen-bond donors (Lipinski definition) is 1. The Morgan fingerprint density at radius 2 is 1.92 bits per heavy atom. The highest BCUT2D eigenvalue weighted by Crippen LogP contribution is 2.22. The minimum absolute atomic E-state index is 0.549. The molecule has 0 fully saturated rings. The van der Waals surface area contributed by atoms with Gasteiger partial charge in [0.2, 0.25) is 0 Å². The highest BCUT2D eigenvalue weighted by molar-refractivity contribution is 5.37. The monoisotopic (exact) mass is 346 g/mol. The third kappa shape index (κ3) is 5.85. The Bertz CT molecular complexity index is 655. The molecule has 0 aliphatic carbocycles. The number of likely N-dealkylation sites (N-methyl/N-ethyl adjacent to an activating group) is 1. The van der Waals surface area contributed by atoms with Crippen molar-refractivity contribution in [3.8, 4) is 5.75 Å². The van der Waals surface area contributed by atoms with Crippen LogP contribution in [0.3, 0.4) is 0 Å². The average Bonchev–Trinajstić information content (AvgIpc) is 2.98. The van der Waals surface area contributed by atoms with E-state index in [9.17, 15) is 0 Å². The van der Waals surface area contributed by atoms with Gasteiger partial charge in [-0.15, -0.1) is 0 Å². The van der Waals surface area contributed by atoms with Gasteiger partial charge >= 0.3 is 0 Å². The maximum atomic E-state index is 5.42. The van der Waals surface area contributed by atoms with Crippen molar-refractivity contribution in [3.63, 3.8) is 0 Å². The van der Waals surface area contributed by atoms with Gasteiger partial charge in [0.1, 0.15) is 5.75 Å². The van der Waals surface area contributed by atoms with Crippen LogP contribution >= 0.6 is 0 Å². The summed E-state index contributed by atoms with van der Waals surface area (Å²) in [7, 11) is 7.60. The van der Waals surface area contributed by atoms with Crippen LogP contribution in [0, 0.1) is 6.92 Å². The van der Waals surface area contributed by atoms with Crippen molar-refractivity contribution in [2.24, 2.45) is 0 Å². The number of nitrogens with one attached hydrogen (secondary N) is 1. The van der Waals surface area contributed by atoms with E-state index in [0.29, 0.717) is 6.61 Å². The summed E-state index contributed by atoms with van der Waals surface area (Å²) in [6.07, 6.45) is 1.76. The van der Waals surface area contributed by atoms with Crippen molar-refractivity contribution in [3.05, 3.63) is 47.0 Å². The number of aromatic amines is 1. The number of ether oxygens (including phenoxy) is 2. The summed E-state index contributed by atoms with van der Waals surface area (Å²) in [5.74, 6) is 0.869. The van der Waals surface area contributed by atoms with E-state index in [4.69, 9.17) is 9.47 Å². The fourth-order valence-electron chi connectivity index (χ4n) is 2.77. The first-order valence-corrected chi connectivity index (χ1v) is 8.54. The second-order valence-corrected chi connectivity index (χ2v) is 6.57. The predicted molar refractivity (Wildman–Crippen MR) is 99.7 cm³/mol. The molecule has 0 bridgehead atoms. The van der Waals surface area contributed by atoms with Crippen LogP contribution in [0.25, 0.3) is 0 Å². The molecule has 0 saturated carbocycles. The zero-order chi connectivity index (χ0) is 18.2. The lowest BCUT2D eigenvalue weighted by molar-refractivity contribution is 0.181. The second kappa shape index (κ2) is 9.56. The highest BCUT2D eigenvalue weighted by Gasteiger charge is 2.12. The number of benzene rings is 1. The summed E-state index contributed by atoms with van der Waals surface area (Å²) in [6.45, 7) is 6.29. The van der Waals surface area contributed by atoms with Gasteiger partial charge < -0.3 is 19.4 Å². The van der Waals surface area contributed by atoms with Crippen molar-refractivity contribution in [2.75, 3.05) is 41.4 Å². The molecule has 0 radical (unpaired) electrons. The Kier molecular flexibility index (Phi) is 7.43. The standard InChI is InChI=1S/C19H30N4O2/c1-15-18(21-14-20-15)12-23(9-8-22(2)3)11-16-6-7-19(25-5)17(10-16)13-24-4/h6-7,10,14H,8-9,11-13H2,1-5H3,(H,20,21). The largest absolute Gasteiger partial charge is 0.496 e. The number of methoxy groups -OCH3 is 2. The molecule has 6 heteroatoms. The van der Waals surface area contributed by atoms with E-state index in [1.165, 1.54) is 5.56 Å². The summed E-state index contributed by atoms with van der Waals surface area (Å²) in [6, 6.07) is 6.31. The average molecular weight is 346 g/mol. The Morgan fingerprint density at radius 3 is 2.52 bits per heavy atom. The molecule has 0 aliphatic rings. The first-order chi connectivity index (χ1) is 12.0. The van der Waals surface area contributed by atoms with Crippen molar-refractivity contribution in [1.29, 1.82) is 0 Å². The molecule has 2 aromatic rings. The van der Waals surface area contributed by atoms with Crippen molar-refractivity contribution < 1.29 is 9.47 Å². The lowest BCUT2D eigenvalue weighted by atomic mass is 10.1. The van der Waals surface area contributed by atoms with Crippen molar-refractivity contribution in [2.45, 2.75) is 26.6 Å². The van der Waals surface area contributed by atoms with E-state index in [1.54, 1.807) is 20.5 Å². The highest BCUT2D eigenvalue weighted by atomic mass is 16.5. The number of aromatic nitrogens is 2. The molecule has 0 spiro atoms. The first-order valence-electron chi connectivity index (χ1n) is 8.54. The molecule has 0 atom stereocenters. The van der Waals surface area contributed by atoms with Crippen LogP contribution in [0.2, 0.25) is 0 Å². The Balaban J connectivity index is 2.14. The van der Waals surface area contributed by atoms with Gasteiger partial charge in [-0.3, -0.25) is 4.90 Å². The number of nitrogens with zero attached hydrogens (tertiary/aromatic N) is 3. The molecule has 1 N–H and O–H groups in total. The molecule has 1 heterocycles. The smallest absolute Gasteiger partial charge is 0.124 e. The second-order valence-electron chi connectivity index (χ2n) is 6.57. The third-order valence-corrected chi connectivity index (χ3v) is 4.22. The van der Waals surface area contributed by atoms with Crippen LogP contribution in [0.5, 0.6) is 5.75 Å². The quantitative estimate of drug-likeness (QED) is 0.716. The van der Waals surface area contributed by atoms with E-state index < -0.39 is 0 Å². The van der Waals surface area contributed by atoms with Crippen LogP contribution in [0.15, 0.2) is 24.5 Å². The van der Waals surface area contributed by atoms with Gasteiger partial charge in [-0.2, -0.15) is 0 Å². The summed E-state index contributed by atoms with van der Waals surface area (Å²) in [4.78, 5) is 12.2. The molecule has 1 aromatic carbocycles. The van der Waals surface area contributed by atoms with E-state index in [-0.39, 0.29) is 0 Å². The Hall–Kier alpha value is -1.89. The molecule has 6 nitrogen and oxygen atoms in total. The van der Waals surface area contributed by atoms with Crippen LogP contribution in [0.4, 0.5) is 0 Å². The van der Waals surface area contributed by atoms with Gasteiger partial charge in [0, 0.05) is 44.5 Å². The number of aryl methyl sites for hydroxylation is 1. The Labute approximate surface area is 150 Å². The van der Waals surface area contributed by atoms with Crippen LogP contribution in [-0.2, 0) is 24.4 Å². The summed E-state index contributed by atoms with van der Waals surface area (Å²) in [5.41, 5.74) is 4.56. The zero-order valence-corrected chi connectivity index (χ0v) is 16.0. The summed E-state index contributed by atoms with van der Waals surface area (Å²) >= 11 is 0. The zero-order valence-electron chi connectivity index (χ0n) is 16.0. The molecule has 138 valence electrons. The summed E-state index contributed by atoms with van der Waals surface area (Å²) < 4.78 is 10.7. The van der Waals surface area contributed by atoms with E-state index in [0.717, 1.165) is 48.9 Å². The molecular weight excluding hydrogens is 316 g/mol. The van der Waals surface area contributed by atoms with E-state index in [1.807, 2.05) is 6.07 Å². The lowest BCUT2D eigenvalue weighted by Gasteiger charge is -2.24. The van der Waals surface area contributed by atoms with E-state index in [2.05, 4.69) is 52.9 Å². The van der Waals surface area contributed by atoms with Crippen LogP contribution < -0.4 is 4.74 Å². The molecule has 0 amide bonds. The van der Waals surface area contributed by atoms with Gasteiger partial charge in [0.05, 0.1) is 25.7 Å². The fourth-order valence-corrected chi connectivity index (χ4v) is 2.77. The molecule has 0 saturated heterocycles. The summed E-state index contributed by atoms with van der Waals surface area (Å²) in [5, 5.41) is 0. The molecule has 1 aromatic heterocycles. The Morgan fingerprint density at radius 1 is 1.12 bits per heavy atom. The first kappa shape index (κ1) is 19.4. The lowest BCUT2D eigenvalue weighted by Crippen LogP contribution is -2.31. The number of imidazole rings is 1. The van der Waals surface area contributed by atoms with E-state index >= 15 is 0 Å². The molecule has 0 unspecified atom stereocenters. The van der Waals surface area contributed by atoms with Gasteiger partial charge in [-0.25, -0.2) is 4.98 Å². The van der Waals surface area contributed by atoms with Crippen molar-refractivity contribution in [1.82, 2.24) is 19.8 Å². The molecule has 0 aliphatic heterocycles. The maximum absolute atomic E-state index is 5.42. The van der Waals surface area contributed by atoms with Gasteiger partial charge in [0.25, 0.3) is 0 Å². The number of H-pyrrole nitrogens is 1. The molecular formula is C19H30N4O2.